The van der Waals surface area contributed by atoms with Crippen LogP contribution in [-0.2, 0) is 13.0 Å². The minimum atomic E-state index is -0.0663. The second-order valence-electron chi connectivity index (χ2n) is 4.55. The highest BCUT2D eigenvalue weighted by atomic mass is 35.5. The van der Waals surface area contributed by atoms with Crippen molar-refractivity contribution in [2.75, 3.05) is 5.73 Å². The fourth-order valence-corrected chi connectivity index (χ4v) is 2.51. The normalized spacial score (nSPS) is 10.8. The van der Waals surface area contributed by atoms with Gasteiger partial charge in [-0.15, -0.1) is 0 Å². The Balaban J connectivity index is 2.28. The van der Waals surface area contributed by atoms with Gasteiger partial charge < -0.3 is 5.73 Å². The van der Waals surface area contributed by atoms with E-state index in [-0.39, 0.29) is 12.2 Å². The van der Waals surface area contributed by atoms with Crippen LogP contribution in [0.2, 0.25) is 10.0 Å². The third-order valence-electron chi connectivity index (χ3n) is 3.03. The van der Waals surface area contributed by atoms with Crippen LogP contribution in [0.1, 0.15) is 28.7 Å². The van der Waals surface area contributed by atoms with Crippen molar-refractivity contribution >= 4 is 34.7 Å². The van der Waals surface area contributed by atoms with Crippen LogP contribution in [0.25, 0.3) is 0 Å². The third-order valence-corrected chi connectivity index (χ3v) is 3.65. The average Bonchev–Trinajstić information content (AvgIpc) is 2.75. The lowest BCUT2D eigenvalue weighted by Crippen LogP contribution is -2.10. The summed E-state index contributed by atoms with van der Waals surface area (Å²) in [6.07, 6.45) is 0.255. The van der Waals surface area contributed by atoms with E-state index in [4.69, 9.17) is 28.9 Å². The molecule has 0 radical (unpaired) electrons. The van der Waals surface area contributed by atoms with E-state index in [2.05, 4.69) is 5.10 Å². The van der Waals surface area contributed by atoms with Crippen molar-refractivity contribution in [3.8, 4) is 0 Å². The lowest BCUT2D eigenvalue weighted by atomic mass is 10.1. The number of nitrogens with zero attached hydrogens (tertiary/aromatic N) is 2. The largest absolute Gasteiger partial charge is 0.396 e. The number of benzene rings is 1. The van der Waals surface area contributed by atoms with E-state index in [0.717, 1.165) is 17.9 Å². The van der Waals surface area contributed by atoms with E-state index < -0.39 is 0 Å². The second-order valence-corrected chi connectivity index (χ2v) is 5.36. The summed E-state index contributed by atoms with van der Waals surface area (Å²) in [4.78, 5) is 12.3. The summed E-state index contributed by atoms with van der Waals surface area (Å²) < 4.78 is 1.81. The van der Waals surface area contributed by atoms with Crippen LogP contribution >= 0.6 is 23.2 Å². The summed E-state index contributed by atoms with van der Waals surface area (Å²) >= 11 is 11.9. The van der Waals surface area contributed by atoms with Gasteiger partial charge in [-0.05, 0) is 32.0 Å². The first kappa shape index (κ1) is 14.9. The maximum absolute atomic E-state index is 12.3. The monoisotopic (exact) mass is 311 g/mol. The molecule has 2 N–H and O–H groups in total. The topological polar surface area (TPSA) is 60.9 Å². The number of hydrogen-bond acceptors (Lipinski definition) is 3. The molecule has 2 aromatic rings. The fourth-order valence-electron chi connectivity index (χ4n) is 2.03. The molecule has 4 nitrogen and oxygen atoms in total. The third kappa shape index (κ3) is 2.97. The van der Waals surface area contributed by atoms with E-state index in [9.17, 15) is 4.79 Å². The van der Waals surface area contributed by atoms with Gasteiger partial charge in [-0.3, -0.25) is 9.48 Å². The molecule has 0 aliphatic heterocycles. The van der Waals surface area contributed by atoms with E-state index >= 15 is 0 Å². The van der Waals surface area contributed by atoms with Gasteiger partial charge in [0, 0.05) is 17.8 Å². The molecule has 1 aromatic heterocycles. The van der Waals surface area contributed by atoms with Crippen LogP contribution in [0.3, 0.4) is 0 Å². The van der Waals surface area contributed by atoms with Gasteiger partial charge in [0.15, 0.2) is 5.78 Å². The number of carbonyl (C=O) groups excluding carboxylic acids is 1. The highest BCUT2D eigenvalue weighted by molar-refractivity contribution is 6.39. The number of rotatable bonds is 4. The van der Waals surface area contributed by atoms with E-state index in [1.54, 1.807) is 12.1 Å². The summed E-state index contributed by atoms with van der Waals surface area (Å²) in [6, 6.07) is 5.00. The smallest absolute Gasteiger partial charge is 0.168 e. The van der Waals surface area contributed by atoms with Crippen molar-refractivity contribution in [3.05, 3.63) is 45.2 Å². The van der Waals surface area contributed by atoms with E-state index in [0.29, 0.717) is 21.3 Å². The van der Waals surface area contributed by atoms with Gasteiger partial charge in [-0.2, -0.15) is 5.10 Å². The summed E-state index contributed by atoms with van der Waals surface area (Å²) in [5.74, 6) is -0.0663. The second kappa shape index (κ2) is 5.85. The van der Waals surface area contributed by atoms with Crippen molar-refractivity contribution in [1.82, 2.24) is 9.78 Å². The Morgan fingerprint density at radius 2 is 1.90 bits per heavy atom. The number of aromatic nitrogens is 2. The van der Waals surface area contributed by atoms with Crippen molar-refractivity contribution in [3.63, 3.8) is 0 Å². The summed E-state index contributed by atoms with van der Waals surface area (Å²) in [7, 11) is 0. The molecule has 0 saturated heterocycles. The van der Waals surface area contributed by atoms with Gasteiger partial charge in [0.05, 0.1) is 27.8 Å². The number of hydrogen-bond donors (Lipinski definition) is 1. The molecule has 2 rings (SSSR count). The van der Waals surface area contributed by atoms with Crippen LogP contribution in [-0.4, -0.2) is 15.6 Å². The first-order chi connectivity index (χ1) is 9.42. The standard InChI is InChI=1S/C14H15Cl2N3O/c1-3-19-10(4-8(2)18-19)7-13(20)9-5-11(15)14(17)12(16)6-9/h4-6H,3,7,17H2,1-2H3. The minimum Gasteiger partial charge on any atom is -0.396 e. The van der Waals surface area contributed by atoms with Gasteiger partial charge in [0.25, 0.3) is 0 Å². The van der Waals surface area contributed by atoms with Crippen molar-refractivity contribution in [2.24, 2.45) is 0 Å². The Kier molecular flexibility index (Phi) is 4.35. The highest BCUT2D eigenvalue weighted by Crippen LogP contribution is 2.29. The first-order valence-electron chi connectivity index (χ1n) is 6.23. The molecular formula is C14H15Cl2N3O. The number of aryl methyl sites for hydroxylation is 2. The van der Waals surface area contributed by atoms with Crippen molar-refractivity contribution in [1.29, 1.82) is 0 Å². The molecule has 20 heavy (non-hydrogen) atoms. The molecular weight excluding hydrogens is 297 g/mol. The number of halogens is 2. The Morgan fingerprint density at radius 3 is 2.45 bits per heavy atom. The maximum atomic E-state index is 12.3. The Morgan fingerprint density at radius 1 is 1.30 bits per heavy atom. The molecule has 6 heteroatoms. The molecule has 1 aromatic carbocycles. The van der Waals surface area contributed by atoms with Gasteiger partial charge in [0.2, 0.25) is 0 Å². The van der Waals surface area contributed by atoms with Crippen molar-refractivity contribution in [2.45, 2.75) is 26.8 Å². The van der Waals surface area contributed by atoms with Crippen LogP contribution in [0.4, 0.5) is 5.69 Å². The summed E-state index contributed by atoms with van der Waals surface area (Å²) in [5, 5.41) is 4.90. The van der Waals surface area contributed by atoms with Gasteiger partial charge in [0.1, 0.15) is 0 Å². The predicted octanol–water partition coefficient (Wildman–Crippen LogP) is 3.53. The maximum Gasteiger partial charge on any atom is 0.168 e. The zero-order valence-corrected chi connectivity index (χ0v) is 12.8. The number of anilines is 1. The van der Waals surface area contributed by atoms with Crippen LogP contribution in [0, 0.1) is 6.92 Å². The molecule has 0 unspecified atom stereocenters. The highest BCUT2D eigenvalue weighted by Gasteiger charge is 2.14. The molecule has 0 aliphatic rings. The number of nitrogen functional groups attached to an aromatic ring is 1. The minimum absolute atomic E-state index is 0.0663. The molecule has 0 aliphatic carbocycles. The number of nitrogens with two attached hydrogens (primary N) is 1. The SMILES string of the molecule is CCn1nc(C)cc1CC(=O)c1cc(Cl)c(N)c(Cl)c1. The molecule has 0 atom stereocenters. The van der Waals surface area contributed by atoms with Gasteiger partial charge >= 0.3 is 0 Å². The zero-order chi connectivity index (χ0) is 14.9. The average molecular weight is 312 g/mol. The summed E-state index contributed by atoms with van der Waals surface area (Å²) in [5.41, 5.74) is 8.17. The summed E-state index contributed by atoms with van der Waals surface area (Å²) in [6.45, 7) is 4.61. The molecule has 0 saturated carbocycles. The van der Waals surface area contributed by atoms with Gasteiger partial charge in [-0.1, -0.05) is 23.2 Å². The van der Waals surface area contributed by atoms with E-state index in [1.807, 2.05) is 24.6 Å². The van der Waals surface area contributed by atoms with Crippen LogP contribution < -0.4 is 5.73 Å². The Bertz CT molecular complexity index is 641. The Labute approximate surface area is 127 Å². The molecule has 0 amide bonds. The molecule has 0 spiro atoms. The zero-order valence-electron chi connectivity index (χ0n) is 11.3. The fraction of sp³-hybridized carbons (Fsp3) is 0.286. The Hall–Kier alpha value is -1.52. The quantitative estimate of drug-likeness (QED) is 0.694. The lowest BCUT2D eigenvalue weighted by Gasteiger charge is -2.07. The van der Waals surface area contributed by atoms with Gasteiger partial charge in [-0.25, -0.2) is 0 Å². The molecule has 0 bridgehead atoms. The molecule has 1 heterocycles. The van der Waals surface area contributed by atoms with Crippen LogP contribution in [0.5, 0.6) is 0 Å². The first-order valence-corrected chi connectivity index (χ1v) is 6.99. The van der Waals surface area contributed by atoms with Crippen LogP contribution in [0.15, 0.2) is 18.2 Å². The van der Waals surface area contributed by atoms with E-state index in [1.165, 1.54) is 0 Å². The number of ketones is 1. The lowest BCUT2D eigenvalue weighted by molar-refractivity contribution is 0.0990. The molecule has 0 fully saturated rings. The predicted molar refractivity (Wildman–Crippen MR) is 81.5 cm³/mol. The molecule has 106 valence electrons. The number of Topliss-reactive ketones (excluding diaryl/α,β-unsaturated/α-hetero) is 1. The number of carbonyl (C=O) groups is 1. The van der Waals surface area contributed by atoms with Crippen molar-refractivity contribution < 1.29 is 4.79 Å².